The SMILES string of the molecule is CN1CCC=C(c2nsnc2SCCCCCCCCO)C1.O=C(O)C(=O)O. The van der Waals surface area contributed by atoms with E-state index in [1.807, 2.05) is 11.8 Å². The highest BCUT2D eigenvalue weighted by molar-refractivity contribution is 7.99. The Bertz CT molecular complexity index is 624. The predicted molar refractivity (Wildman–Crippen MR) is 111 cm³/mol. The van der Waals surface area contributed by atoms with Crippen LogP contribution in [0.4, 0.5) is 0 Å². The van der Waals surface area contributed by atoms with Crippen molar-refractivity contribution in [2.24, 2.45) is 0 Å². The summed E-state index contributed by atoms with van der Waals surface area (Å²) >= 11 is 3.19. The number of carboxylic acid groups (broad SMARTS) is 2. The van der Waals surface area contributed by atoms with Crippen LogP contribution >= 0.6 is 23.5 Å². The lowest BCUT2D eigenvalue weighted by molar-refractivity contribution is -0.159. The number of aliphatic hydroxyl groups excluding tert-OH is 1. The van der Waals surface area contributed by atoms with Gasteiger partial charge in [0, 0.05) is 19.7 Å². The van der Waals surface area contributed by atoms with Crippen molar-refractivity contribution < 1.29 is 24.9 Å². The molecular formula is C18H29N3O5S2. The van der Waals surface area contributed by atoms with E-state index in [2.05, 4.69) is 26.8 Å². The van der Waals surface area contributed by atoms with Gasteiger partial charge in [0.15, 0.2) is 0 Å². The summed E-state index contributed by atoms with van der Waals surface area (Å²) in [5.74, 6) is -2.52. The van der Waals surface area contributed by atoms with Gasteiger partial charge in [0.1, 0.15) is 10.7 Å². The first kappa shape index (κ1) is 24.5. The minimum atomic E-state index is -1.82. The summed E-state index contributed by atoms with van der Waals surface area (Å²) < 4.78 is 9.00. The lowest BCUT2D eigenvalue weighted by Gasteiger charge is -2.22. The van der Waals surface area contributed by atoms with Gasteiger partial charge in [-0.15, -0.1) is 11.8 Å². The molecule has 0 saturated carbocycles. The number of aliphatic hydroxyl groups is 1. The van der Waals surface area contributed by atoms with Crippen LogP contribution in [0.3, 0.4) is 0 Å². The van der Waals surface area contributed by atoms with Gasteiger partial charge in [-0.05, 0) is 37.6 Å². The van der Waals surface area contributed by atoms with Crippen LogP contribution < -0.4 is 0 Å². The first-order chi connectivity index (χ1) is 13.5. The van der Waals surface area contributed by atoms with Crippen molar-refractivity contribution in [3.63, 3.8) is 0 Å². The molecule has 0 amide bonds. The van der Waals surface area contributed by atoms with E-state index in [1.54, 1.807) is 0 Å². The Morgan fingerprint density at radius 3 is 2.36 bits per heavy atom. The second-order valence-corrected chi connectivity index (χ2v) is 8.09. The van der Waals surface area contributed by atoms with E-state index in [-0.39, 0.29) is 0 Å². The lowest BCUT2D eigenvalue weighted by Crippen LogP contribution is -2.25. The molecule has 1 aromatic heterocycles. The van der Waals surface area contributed by atoms with Gasteiger partial charge in [-0.1, -0.05) is 31.8 Å². The summed E-state index contributed by atoms with van der Waals surface area (Å²) in [5, 5.41) is 24.6. The number of hydrogen-bond donors (Lipinski definition) is 3. The molecule has 3 N–H and O–H groups in total. The first-order valence-corrected chi connectivity index (χ1v) is 11.1. The molecule has 0 bridgehead atoms. The van der Waals surface area contributed by atoms with E-state index in [0.717, 1.165) is 48.8 Å². The number of hydrogen-bond acceptors (Lipinski definition) is 8. The molecule has 2 rings (SSSR count). The molecule has 0 aliphatic carbocycles. The van der Waals surface area contributed by atoms with E-state index in [1.165, 1.54) is 43.0 Å². The van der Waals surface area contributed by atoms with Crippen molar-refractivity contribution in [2.45, 2.75) is 50.0 Å². The van der Waals surface area contributed by atoms with E-state index >= 15 is 0 Å². The van der Waals surface area contributed by atoms with Crippen molar-refractivity contribution in [3.8, 4) is 0 Å². The van der Waals surface area contributed by atoms with Crippen LogP contribution in [0.2, 0.25) is 0 Å². The molecular weight excluding hydrogens is 402 g/mol. The number of carbonyl (C=O) groups is 2. The molecule has 0 radical (unpaired) electrons. The summed E-state index contributed by atoms with van der Waals surface area (Å²) in [6.07, 6.45) is 10.6. The number of nitrogens with zero attached hydrogens (tertiary/aromatic N) is 3. The Labute approximate surface area is 174 Å². The largest absolute Gasteiger partial charge is 0.473 e. The third-order valence-electron chi connectivity index (χ3n) is 4.08. The second-order valence-electron chi connectivity index (χ2n) is 6.48. The maximum absolute atomic E-state index is 9.10. The fourth-order valence-corrected chi connectivity index (χ4v) is 4.34. The van der Waals surface area contributed by atoms with Gasteiger partial charge < -0.3 is 20.2 Å². The standard InChI is InChI=1S/C16H27N3OS2.C2H2O4/c1-19-10-8-9-14(13-19)15-16(18-22-17-15)21-12-7-5-3-2-4-6-11-20;3-1(4)2(5)6/h9,20H,2-8,10-13H2,1H3;(H,3,4)(H,5,6). The molecule has 28 heavy (non-hydrogen) atoms. The molecule has 158 valence electrons. The van der Waals surface area contributed by atoms with Crippen molar-refractivity contribution in [3.05, 3.63) is 11.8 Å². The van der Waals surface area contributed by atoms with Crippen LogP contribution in [0.1, 0.15) is 50.6 Å². The minimum absolute atomic E-state index is 0.334. The molecule has 0 saturated heterocycles. The zero-order valence-corrected chi connectivity index (χ0v) is 17.8. The zero-order valence-electron chi connectivity index (χ0n) is 16.2. The van der Waals surface area contributed by atoms with E-state index in [4.69, 9.17) is 24.9 Å². The molecule has 0 aromatic carbocycles. The number of aromatic nitrogens is 2. The Morgan fingerprint density at radius 2 is 1.75 bits per heavy atom. The van der Waals surface area contributed by atoms with Crippen LogP contribution in [0.5, 0.6) is 0 Å². The third-order valence-corrected chi connectivity index (χ3v) is 5.77. The van der Waals surface area contributed by atoms with Gasteiger partial charge in [0.05, 0.1) is 11.7 Å². The summed E-state index contributed by atoms with van der Waals surface area (Å²) in [4.78, 5) is 20.5. The number of unbranched alkanes of at least 4 members (excludes halogenated alkanes) is 5. The highest BCUT2D eigenvalue weighted by atomic mass is 32.2. The van der Waals surface area contributed by atoms with Crippen LogP contribution in [0, 0.1) is 0 Å². The number of thioether (sulfide) groups is 1. The average Bonchev–Trinajstić information content (AvgIpc) is 3.13. The fourth-order valence-electron chi connectivity index (χ4n) is 2.63. The topological polar surface area (TPSA) is 124 Å². The molecule has 1 aliphatic heterocycles. The Kier molecular flexibility index (Phi) is 12.7. The number of rotatable bonds is 10. The molecule has 0 spiro atoms. The van der Waals surface area contributed by atoms with Gasteiger partial charge in [0.2, 0.25) is 0 Å². The molecule has 1 aromatic rings. The zero-order chi connectivity index (χ0) is 20.8. The van der Waals surface area contributed by atoms with Crippen LogP contribution in [-0.2, 0) is 9.59 Å². The first-order valence-electron chi connectivity index (χ1n) is 9.36. The molecule has 0 unspecified atom stereocenters. The summed E-state index contributed by atoms with van der Waals surface area (Å²) in [5.41, 5.74) is 2.46. The molecule has 8 nitrogen and oxygen atoms in total. The monoisotopic (exact) mass is 431 g/mol. The second kappa shape index (κ2) is 14.5. The smallest absolute Gasteiger partial charge is 0.414 e. The average molecular weight is 432 g/mol. The van der Waals surface area contributed by atoms with Gasteiger partial charge >= 0.3 is 11.9 Å². The quantitative estimate of drug-likeness (QED) is 0.291. The van der Waals surface area contributed by atoms with Crippen LogP contribution in [-0.4, -0.2) is 73.4 Å². The van der Waals surface area contributed by atoms with Gasteiger partial charge in [0.25, 0.3) is 0 Å². The number of likely N-dealkylation sites (N-methyl/N-ethyl adjacent to an activating group) is 1. The van der Waals surface area contributed by atoms with Gasteiger partial charge in [-0.3, -0.25) is 0 Å². The maximum Gasteiger partial charge on any atom is 0.414 e. The molecule has 10 heteroatoms. The van der Waals surface area contributed by atoms with E-state index in [0.29, 0.717) is 6.61 Å². The van der Waals surface area contributed by atoms with Gasteiger partial charge in [-0.25, -0.2) is 9.59 Å². The van der Waals surface area contributed by atoms with Gasteiger partial charge in [-0.2, -0.15) is 8.75 Å². The maximum atomic E-state index is 9.10. The van der Waals surface area contributed by atoms with Crippen molar-refractivity contribution in [2.75, 3.05) is 32.5 Å². The molecule has 1 aliphatic rings. The minimum Gasteiger partial charge on any atom is -0.473 e. The Hall–Kier alpha value is -1.49. The lowest BCUT2D eigenvalue weighted by atomic mass is 10.1. The van der Waals surface area contributed by atoms with Crippen LogP contribution in [0.25, 0.3) is 5.57 Å². The molecule has 0 atom stereocenters. The highest BCUT2D eigenvalue weighted by Crippen LogP contribution is 2.29. The normalized spacial score (nSPS) is 14.1. The third kappa shape index (κ3) is 10.2. The summed E-state index contributed by atoms with van der Waals surface area (Å²) in [7, 11) is 2.16. The molecule has 2 heterocycles. The van der Waals surface area contributed by atoms with E-state index in [9.17, 15) is 0 Å². The van der Waals surface area contributed by atoms with Crippen LogP contribution in [0.15, 0.2) is 11.1 Å². The predicted octanol–water partition coefficient (Wildman–Crippen LogP) is 2.84. The number of aliphatic carboxylic acids is 2. The summed E-state index contributed by atoms with van der Waals surface area (Å²) in [6.45, 7) is 2.46. The van der Waals surface area contributed by atoms with Crippen molar-refractivity contribution >= 4 is 41.0 Å². The van der Waals surface area contributed by atoms with Crippen molar-refractivity contribution in [1.29, 1.82) is 0 Å². The number of carboxylic acids is 2. The fraction of sp³-hybridized carbons (Fsp3) is 0.667. The summed E-state index contributed by atoms with van der Waals surface area (Å²) in [6, 6.07) is 0. The van der Waals surface area contributed by atoms with E-state index < -0.39 is 11.9 Å². The highest BCUT2D eigenvalue weighted by Gasteiger charge is 2.17. The Morgan fingerprint density at radius 1 is 1.11 bits per heavy atom. The Balaban J connectivity index is 0.000000568. The van der Waals surface area contributed by atoms with Crippen molar-refractivity contribution in [1.82, 2.24) is 13.6 Å². The molecule has 0 fully saturated rings.